The van der Waals surface area contributed by atoms with E-state index >= 15 is 0 Å². The van der Waals surface area contributed by atoms with Gasteiger partial charge in [0.1, 0.15) is 0 Å². The molecule has 7 heteroatoms. The molecule has 1 aliphatic rings. The van der Waals surface area contributed by atoms with Gasteiger partial charge in [-0.25, -0.2) is 0 Å². The zero-order valence-corrected chi connectivity index (χ0v) is 10.6. The number of hydrogen-bond acceptors (Lipinski definition) is 2. The number of thioether (sulfide) groups is 1. The summed E-state index contributed by atoms with van der Waals surface area (Å²) in [5.41, 5.74) is -3.87. The van der Waals surface area contributed by atoms with E-state index in [9.17, 15) is 18.0 Å². The van der Waals surface area contributed by atoms with Gasteiger partial charge in [-0.2, -0.15) is 13.2 Å². The van der Waals surface area contributed by atoms with Crippen LogP contribution in [0.2, 0.25) is 0 Å². The average Bonchev–Trinajstić information content (AvgIpc) is 2.55. The molecule has 0 aromatic heterocycles. The third kappa shape index (κ3) is 3.32. The lowest BCUT2D eigenvalue weighted by Crippen LogP contribution is -2.24. The molecule has 0 N–H and O–H groups in total. The first-order chi connectivity index (χ1) is 8.35. The van der Waals surface area contributed by atoms with Crippen LogP contribution in [0.15, 0.2) is 29.2 Å². The highest BCUT2D eigenvalue weighted by molar-refractivity contribution is 8.00. The first-order valence-electron chi connectivity index (χ1n) is 5.15. The van der Waals surface area contributed by atoms with E-state index in [0.717, 1.165) is 0 Å². The molecule has 1 amide bonds. The summed E-state index contributed by atoms with van der Waals surface area (Å²) >= 11 is 5.66. The van der Waals surface area contributed by atoms with Crippen LogP contribution in [0.3, 0.4) is 0 Å². The minimum atomic E-state index is -4.33. The Balaban J connectivity index is 2.20. The van der Waals surface area contributed by atoms with Crippen molar-refractivity contribution in [1.29, 1.82) is 0 Å². The van der Waals surface area contributed by atoms with Gasteiger partial charge >= 0.3 is 5.51 Å². The third-order valence-corrected chi connectivity index (χ3v) is 3.45. The maximum atomic E-state index is 12.3. The first kappa shape index (κ1) is 13.5. The lowest BCUT2D eigenvalue weighted by atomic mass is 10.3. The molecule has 1 unspecified atom stereocenters. The number of rotatable bonds is 2. The second kappa shape index (κ2) is 5.01. The summed E-state index contributed by atoms with van der Waals surface area (Å²) in [4.78, 5) is 13.1. The zero-order chi connectivity index (χ0) is 13.3. The van der Waals surface area contributed by atoms with Crippen molar-refractivity contribution in [1.82, 2.24) is 0 Å². The topological polar surface area (TPSA) is 20.3 Å². The number of benzene rings is 1. The second-order valence-electron chi connectivity index (χ2n) is 3.85. The smallest absolute Gasteiger partial charge is 0.311 e. The highest BCUT2D eigenvalue weighted by Crippen LogP contribution is 2.38. The quantitative estimate of drug-likeness (QED) is 0.613. The first-order valence-corrected chi connectivity index (χ1v) is 6.41. The van der Waals surface area contributed by atoms with Crippen LogP contribution >= 0.6 is 23.4 Å². The monoisotopic (exact) mass is 295 g/mol. The molecule has 0 aliphatic carbocycles. The van der Waals surface area contributed by atoms with Crippen LogP contribution < -0.4 is 4.90 Å². The van der Waals surface area contributed by atoms with E-state index in [4.69, 9.17) is 11.6 Å². The molecule has 1 fully saturated rings. The van der Waals surface area contributed by atoms with Gasteiger partial charge in [-0.05, 0) is 30.0 Å². The molecule has 1 aromatic rings. The molecule has 1 aliphatic heterocycles. The fourth-order valence-electron chi connectivity index (χ4n) is 1.76. The molecule has 1 atom stereocenters. The van der Waals surface area contributed by atoms with E-state index in [2.05, 4.69) is 0 Å². The fraction of sp³-hybridized carbons (Fsp3) is 0.364. The maximum absolute atomic E-state index is 12.3. The van der Waals surface area contributed by atoms with Gasteiger partial charge in [0.15, 0.2) is 0 Å². The van der Waals surface area contributed by atoms with Gasteiger partial charge in [0.25, 0.3) is 0 Å². The molecule has 18 heavy (non-hydrogen) atoms. The lowest BCUT2D eigenvalue weighted by Gasteiger charge is -2.17. The van der Waals surface area contributed by atoms with Crippen LogP contribution in [0.25, 0.3) is 0 Å². The van der Waals surface area contributed by atoms with Crippen molar-refractivity contribution in [2.45, 2.75) is 22.2 Å². The standard InChI is InChI=1S/C11H9ClF3NOS/c12-7-4-10(17)16(6-7)8-2-1-3-9(5-8)18-11(13,14)15/h1-3,5,7H,4,6H2. The number of halogens is 4. The summed E-state index contributed by atoms with van der Waals surface area (Å²) < 4.78 is 36.8. The highest BCUT2D eigenvalue weighted by atomic mass is 35.5. The molecule has 2 nitrogen and oxygen atoms in total. The van der Waals surface area contributed by atoms with Gasteiger partial charge in [-0.3, -0.25) is 4.79 Å². The number of anilines is 1. The Labute approximate surface area is 111 Å². The number of hydrogen-bond donors (Lipinski definition) is 0. The molecule has 0 bridgehead atoms. The zero-order valence-electron chi connectivity index (χ0n) is 9.08. The molecular formula is C11H9ClF3NOS. The van der Waals surface area contributed by atoms with Crippen LogP contribution in [0.4, 0.5) is 18.9 Å². The molecule has 1 saturated heterocycles. The lowest BCUT2D eigenvalue weighted by molar-refractivity contribution is -0.117. The molecule has 98 valence electrons. The van der Waals surface area contributed by atoms with Gasteiger partial charge in [-0.1, -0.05) is 6.07 Å². The Morgan fingerprint density at radius 3 is 2.67 bits per heavy atom. The van der Waals surface area contributed by atoms with Crippen LogP contribution in [-0.2, 0) is 4.79 Å². The molecule has 0 saturated carbocycles. The normalized spacial score (nSPS) is 20.6. The van der Waals surface area contributed by atoms with Crippen molar-refractivity contribution in [2.24, 2.45) is 0 Å². The van der Waals surface area contributed by atoms with Gasteiger partial charge in [0.2, 0.25) is 5.91 Å². The number of carbonyl (C=O) groups is 1. The Bertz CT molecular complexity index is 466. The molecule has 0 spiro atoms. The van der Waals surface area contributed by atoms with Crippen molar-refractivity contribution in [3.8, 4) is 0 Å². The van der Waals surface area contributed by atoms with Crippen LogP contribution in [-0.4, -0.2) is 23.3 Å². The average molecular weight is 296 g/mol. The summed E-state index contributed by atoms with van der Waals surface area (Å²) in [6.07, 6.45) is 0.220. The Hall–Kier alpha value is -0.880. The predicted octanol–water partition coefficient (Wildman–Crippen LogP) is 3.64. The molecule has 1 heterocycles. The molecule has 2 rings (SSSR count). The summed E-state index contributed by atoms with van der Waals surface area (Å²) in [6.45, 7) is 0.334. The predicted molar refractivity (Wildman–Crippen MR) is 65.0 cm³/mol. The second-order valence-corrected chi connectivity index (χ2v) is 5.61. The van der Waals surface area contributed by atoms with Crippen molar-refractivity contribution in [3.63, 3.8) is 0 Å². The van der Waals surface area contributed by atoms with Crippen molar-refractivity contribution in [3.05, 3.63) is 24.3 Å². The fourth-order valence-corrected chi connectivity index (χ4v) is 2.63. The van der Waals surface area contributed by atoms with Crippen molar-refractivity contribution >= 4 is 35.0 Å². The minimum absolute atomic E-state index is 0.0609. The van der Waals surface area contributed by atoms with E-state index < -0.39 is 5.51 Å². The van der Waals surface area contributed by atoms with Crippen LogP contribution in [0, 0.1) is 0 Å². The maximum Gasteiger partial charge on any atom is 0.446 e. The van der Waals surface area contributed by atoms with E-state index in [1.165, 1.54) is 23.1 Å². The number of amides is 1. The van der Waals surface area contributed by atoms with E-state index in [0.29, 0.717) is 12.2 Å². The van der Waals surface area contributed by atoms with E-state index in [-0.39, 0.29) is 34.4 Å². The molecular weight excluding hydrogens is 287 g/mol. The largest absolute Gasteiger partial charge is 0.446 e. The van der Waals surface area contributed by atoms with Gasteiger partial charge in [0, 0.05) is 23.5 Å². The third-order valence-electron chi connectivity index (χ3n) is 2.44. The minimum Gasteiger partial charge on any atom is -0.311 e. The van der Waals surface area contributed by atoms with Crippen molar-refractivity contribution in [2.75, 3.05) is 11.4 Å². The summed E-state index contributed by atoms with van der Waals surface area (Å²) in [7, 11) is 0. The highest BCUT2D eigenvalue weighted by Gasteiger charge is 2.31. The Kier molecular flexibility index (Phi) is 3.77. The summed E-state index contributed by atoms with van der Waals surface area (Å²) in [6, 6.07) is 5.82. The van der Waals surface area contributed by atoms with E-state index in [1.807, 2.05) is 0 Å². The summed E-state index contributed by atoms with van der Waals surface area (Å²) in [5, 5.41) is -0.281. The number of carbonyl (C=O) groups excluding carboxylic acids is 1. The molecule has 1 aromatic carbocycles. The van der Waals surface area contributed by atoms with Crippen LogP contribution in [0.5, 0.6) is 0 Å². The van der Waals surface area contributed by atoms with Gasteiger partial charge < -0.3 is 4.90 Å². The van der Waals surface area contributed by atoms with E-state index in [1.54, 1.807) is 6.07 Å². The molecule has 0 radical (unpaired) electrons. The van der Waals surface area contributed by atoms with Crippen molar-refractivity contribution < 1.29 is 18.0 Å². The number of nitrogens with zero attached hydrogens (tertiary/aromatic N) is 1. The van der Waals surface area contributed by atoms with Gasteiger partial charge in [0.05, 0.1) is 5.38 Å². The Morgan fingerprint density at radius 1 is 1.39 bits per heavy atom. The summed E-state index contributed by atoms with van der Waals surface area (Å²) in [5.74, 6) is -0.163. The number of alkyl halides is 4. The van der Waals surface area contributed by atoms with Crippen LogP contribution in [0.1, 0.15) is 6.42 Å². The van der Waals surface area contributed by atoms with Gasteiger partial charge in [-0.15, -0.1) is 11.6 Å². The Morgan fingerprint density at radius 2 is 2.11 bits per heavy atom. The SMILES string of the molecule is O=C1CC(Cl)CN1c1cccc(SC(F)(F)F)c1.